The van der Waals surface area contributed by atoms with Crippen LogP contribution in [0.15, 0.2) is 42.9 Å². The fraction of sp³-hybridized carbons (Fsp3) is 0.333. The average molecular weight is 447 g/mol. The Morgan fingerprint density at radius 2 is 1.97 bits per heavy atom. The third-order valence-electron chi connectivity index (χ3n) is 4.82. The maximum atomic E-state index is 12.9. The first-order valence-corrected chi connectivity index (χ1v) is 9.81. The summed E-state index contributed by atoms with van der Waals surface area (Å²) >= 11 is 0. The van der Waals surface area contributed by atoms with Crippen LogP contribution in [-0.2, 0) is 10.9 Å². The normalized spacial score (nSPS) is 15.2. The van der Waals surface area contributed by atoms with Crippen LogP contribution in [0.2, 0.25) is 0 Å². The summed E-state index contributed by atoms with van der Waals surface area (Å²) in [6, 6.07) is 6.24. The molecule has 1 fully saturated rings. The standard InChI is InChI=1S/C21H20F3N5O3/c1-12-3-4-29(28-12)16-5-14(6-17(7-16)32-18-10-31-11-18)19(30)27-13(2)15-8-25-20(26-9-15)21(22,23)24/h3-9,13,18H,10-11H2,1-2H3,(H,27,30)/t13-/m1/s1. The quantitative estimate of drug-likeness (QED) is 0.624. The van der Waals surface area contributed by atoms with Gasteiger partial charge in [-0.25, -0.2) is 14.6 Å². The van der Waals surface area contributed by atoms with Crippen molar-refractivity contribution in [1.82, 2.24) is 25.1 Å². The molecule has 2 aromatic heterocycles. The summed E-state index contributed by atoms with van der Waals surface area (Å²) in [5, 5.41) is 7.12. The Hall–Kier alpha value is -3.47. The smallest absolute Gasteiger partial charge is 0.451 e. The van der Waals surface area contributed by atoms with Gasteiger partial charge in [-0.3, -0.25) is 4.79 Å². The number of hydrogen-bond acceptors (Lipinski definition) is 6. The van der Waals surface area contributed by atoms with Crippen molar-refractivity contribution in [2.75, 3.05) is 13.2 Å². The molecule has 1 atom stereocenters. The van der Waals surface area contributed by atoms with Crippen molar-refractivity contribution >= 4 is 5.91 Å². The van der Waals surface area contributed by atoms with Crippen molar-refractivity contribution in [3.63, 3.8) is 0 Å². The highest BCUT2D eigenvalue weighted by molar-refractivity contribution is 5.95. The second-order valence-corrected chi connectivity index (χ2v) is 7.43. The highest BCUT2D eigenvalue weighted by atomic mass is 19.4. The van der Waals surface area contributed by atoms with E-state index in [1.165, 1.54) is 0 Å². The molecule has 0 aliphatic carbocycles. The molecule has 11 heteroatoms. The first-order valence-electron chi connectivity index (χ1n) is 9.81. The minimum atomic E-state index is -4.63. The minimum absolute atomic E-state index is 0.0938. The number of nitrogens with one attached hydrogen (secondary N) is 1. The molecule has 3 aromatic rings. The lowest BCUT2D eigenvalue weighted by molar-refractivity contribution is -0.145. The zero-order chi connectivity index (χ0) is 22.9. The number of ether oxygens (including phenoxy) is 2. The molecule has 8 nitrogen and oxygen atoms in total. The van der Waals surface area contributed by atoms with Crippen molar-refractivity contribution in [2.45, 2.75) is 32.2 Å². The van der Waals surface area contributed by atoms with E-state index in [-0.39, 0.29) is 6.10 Å². The van der Waals surface area contributed by atoms with Gasteiger partial charge in [0.05, 0.1) is 30.6 Å². The Balaban J connectivity index is 1.55. The predicted molar refractivity (Wildman–Crippen MR) is 106 cm³/mol. The molecule has 1 amide bonds. The van der Waals surface area contributed by atoms with Gasteiger partial charge in [-0.2, -0.15) is 18.3 Å². The summed E-state index contributed by atoms with van der Waals surface area (Å²) in [5.74, 6) is -1.18. The number of alkyl halides is 3. The molecule has 1 saturated heterocycles. The van der Waals surface area contributed by atoms with Crippen LogP contribution < -0.4 is 10.1 Å². The Bertz CT molecular complexity index is 1110. The zero-order valence-corrected chi connectivity index (χ0v) is 17.3. The van der Waals surface area contributed by atoms with Gasteiger partial charge in [0, 0.05) is 35.8 Å². The van der Waals surface area contributed by atoms with Crippen molar-refractivity contribution in [1.29, 1.82) is 0 Å². The molecule has 0 spiro atoms. The fourth-order valence-corrected chi connectivity index (χ4v) is 3.02. The minimum Gasteiger partial charge on any atom is -0.485 e. The number of rotatable bonds is 6. The third-order valence-corrected chi connectivity index (χ3v) is 4.82. The highest BCUT2D eigenvalue weighted by Crippen LogP contribution is 2.26. The molecule has 0 bridgehead atoms. The van der Waals surface area contributed by atoms with Crippen LogP contribution in [0.4, 0.5) is 13.2 Å². The van der Waals surface area contributed by atoms with E-state index in [1.807, 2.05) is 13.0 Å². The number of nitrogens with zero attached hydrogens (tertiary/aromatic N) is 4. The number of carbonyl (C=O) groups excluding carboxylic acids is 1. The van der Waals surface area contributed by atoms with Crippen molar-refractivity contribution in [2.24, 2.45) is 0 Å². The summed E-state index contributed by atoms with van der Waals surface area (Å²) < 4.78 is 50.6. The molecule has 1 aliphatic heterocycles. The number of amides is 1. The van der Waals surface area contributed by atoms with E-state index >= 15 is 0 Å². The second-order valence-electron chi connectivity index (χ2n) is 7.43. The van der Waals surface area contributed by atoms with Crippen LogP contribution in [0.1, 0.15) is 40.4 Å². The topological polar surface area (TPSA) is 91.2 Å². The van der Waals surface area contributed by atoms with E-state index in [0.29, 0.717) is 35.8 Å². The lowest BCUT2D eigenvalue weighted by atomic mass is 10.1. The van der Waals surface area contributed by atoms with Crippen LogP contribution >= 0.6 is 0 Å². The SMILES string of the molecule is Cc1ccn(-c2cc(OC3COC3)cc(C(=O)N[C@H](C)c3cnc(C(F)(F)F)nc3)c2)n1. The largest absolute Gasteiger partial charge is 0.485 e. The molecule has 0 unspecified atom stereocenters. The Morgan fingerprint density at radius 1 is 1.25 bits per heavy atom. The molecule has 1 N–H and O–H groups in total. The van der Waals surface area contributed by atoms with Crippen molar-refractivity contribution in [3.8, 4) is 11.4 Å². The molecular weight excluding hydrogens is 427 g/mol. The lowest BCUT2D eigenvalue weighted by Gasteiger charge is -2.27. The summed E-state index contributed by atoms with van der Waals surface area (Å²) in [4.78, 5) is 19.6. The number of aryl methyl sites for hydroxylation is 1. The van der Waals surface area contributed by atoms with Gasteiger partial charge >= 0.3 is 6.18 Å². The molecular formula is C21H20F3N5O3. The first-order chi connectivity index (χ1) is 15.2. The van der Waals surface area contributed by atoms with E-state index in [1.54, 1.807) is 36.0 Å². The van der Waals surface area contributed by atoms with Gasteiger partial charge in [0.15, 0.2) is 0 Å². The average Bonchev–Trinajstić information content (AvgIpc) is 3.16. The van der Waals surface area contributed by atoms with E-state index < -0.39 is 23.9 Å². The molecule has 32 heavy (non-hydrogen) atoms. The summed E-state index contributed by atoms with van der Waals surface area (Å²) in [5.41, 5.74) is 2.09. The van der Waals surface area contributed by atoms with Crippen molar-refractivity contribution in [3.05, 3.63) is 65.5 Å². The van der Waals surface area contributed by atoms with Gasteiger partial charge in [0.25, 0.3) is 5.91 Å². The molecule has 1 aromatic carbocycles. The van der Waals surface area contributed by atoms with E-state index in [4.69, 9.17) is 9.47 Å². The zero-order valence-electron chi connectivity index (χ0n) is 17.3. The monoisotopic (exact) mass is 447 g/mol. The van der Waals surface area contributed by atoms with Gasteiger partial charge in [-0.1, -0.05) is 0 Å². The molecule has 4 rings (SSSR count). The van der Waals surface area contributed by atoms with Crippen LogP contribution in [-0.4, -0.2) is 45.0 Å². The predicted octanol–water partition coefficient (Wildman–Crippen LogP) is 3.26. The van der Waals surface area contributed by atoms with Gasteiger partial charge < -0.3 is 14.8 Å². The molecule has 168 valence electrons. The third kappa shape index (κ3) is 4.88. The van der Waals surface area contributed by atoms with Gasteiger partial charge in [0.1, 0.15) is 11.9 Å². The molecule has 0 saturated carbocycles. The molecule has 3 heterocycles. The summed E-state index contributed by atoms with van der Waals surface area (Å²) in [7, 11) is 0. The fourth-order valence-electron chi connectivity index (χ4n) is 3.02. The Labute approximate surface area is 181 Å². The van der Waals surface area contributed by atoms with Crippen LogP contribution in [0, 0.1) is 6.92 Å². The Kier molecular flexibility index (Phi) is 5.83. The van der Waals surface area contributed by atoms with Crippen LogP contribution in [0.3, 0.4) is 0 Å². The lowest BCUT2D eigenvalue weighted by Crippen LogP contribution is -2.38. The van der Waals surface area contributed by atoms with E-state index in [2.05, 4.69) is 20.4 Å². The molecule has 0 radical (unpaired) electrons. The summed E-state index contributed by atoms with van der Waals surface area (Å²) in [6.07, 6.45) is -0.851. The summed E-state index contributed by atoms with van der Waals surface area (Å²) in [6.45, 7) is 4.42. The Morgan fingerprint density at radius 3 is 2.53 bits per heavy atom. The number of halogens is 3. The maximum absolute atomic E-state index is 12.9. The van der Waals surface area contributed by atoms with E-state index in [9.17, 15) is 18.0 Å². The van der Waals surface area contributed by atoms with Crippen LogP contribution in [0.25, 0.3) is 5.69 Å². The van der Waals surface area contributed by atoms with Gasteiger partial charge in [-0.05, 0) is 32.0 Å². The number of aromatic nitrogens is 4. The van der Waals surface area contributed by atoms with Crippen molar-refractivity contribution < 1.29 is 27.4 Å². The number of hydrogen-bond donors (Lipinski definition) is 1. The first kappa shape index (κ1) is 21.8. The van der Waals surface area contributed by atoms with E-state index in [0.717, 1.165) is 18.1 Å². The maximum Gasteiger partial charge on any atom is 0.451 e. The van der Waals surface area contributed by atoms with Crippen LogP contribution in [0.5, 0.6) is 5.75 Å². The van der Waals surface area contributed by atoms with Gasteiger partial charge in [0.2, 0.25) is 5.82 Å². The second kappa shape index (κ2) is 8.58. The number of benzene rings is 1. The van der Waals surface area contributed by atoms with Gasteiger partial charge in [-0.15, -0.1) is 0 Å². The highest BCUT2D eigenvalue weighted by Gasteiger charge is 2.34. The number of carbonyl (C=O) groups is 1. The molecule has 1 aliphatic rings.